The summed E-state index contributed by atoms with van der Waals surface area (Å²) >= 11 is 4.99. The predicted molar refractivity (Wildman–Crippen MR) is 73.5 cm³/mol. The Bertz CT molecular complexity index is 543. The molecule has 0 bridgehead atoms. The van der Waals surface area contributed by atoms with Crippen molar-refractivity contribution in [1.82, 2.24) is 4.98 Å². The summed E-state index contributed by atoms with van der Waals surface area (Å²) in [5.74, 6) is 0.0778. The minimum Gasteiger partial charge on any atom is -0.384 e. The van der Waals surface area contributed by atoms with Crippen LogP contribution in [0.5, 0.6) is 0 Å². The second-order valence-electron chi connectivity index (χ2n) is 3.34. The van der Waals surface area contributed by atoms with E-state index >= 15 is 0 Å². The lowest BCUT2D eigenvalue weighted by atomic mass is 10.2. The maximum absolute atomic E-state index is 7.55. The maximum atomic E-state index is 7.55. The summed E-state index contributed by atoms with van der Waals surface area (Å²) in [7, 11) is 0. The number of nitrogens with zero attached hydrogens (tertiary/aromatic N) is 1. The van der Waals surface area contributed by atoms with Crippen LogP contribution in [-0.2, 0) is 0 Å². The van der Waals surface area contributed by atoms with Gasteiger partial charge in [0, 0.05) is 32.2 Å². The molecule has 0 aliphatic carbocycles. The first-order chi connectivity index (χ1) is 8.16. The highest BCUT2D eigenvalue weighted by atomic mass is 79.9. The molecule has 3 N–H and O–H groups in total. The fraction of sp³-hybridized carbons (Fsp3) is 0. The van der Waals surface area contributed by atoms with Crippen molar-refractivity contribution in [2.24, 2.45) is 5.73 Å². The van der Waals surface area contributed by atoms with Crippen molar-refractivity contribution in [3.63, 3.8) is 0 Å². The molecule has 0 atom stereocenters. The van der Waals surface area contributed by atoms with Gasteiger partial charge in [-0.05, 0) is 30.3 Å². The summed E-state index contributed by atoms with van der Waals surface area (Å²) in [6.45, 7) is 0. The first-order valence-electron chi connectivity index (χ1n) is 4.88. The van der Waals surface area contributed by atoms with E-state index < -0.39 is 0 Å². The molecule has 0 spiro atoms. The van der Waals surface area contributed by atoms with Crippen LogP contribution in [0.3, 0.4) is 0 Å². The van der Waals surface area contributed by atoms with E-state index in [1.54, 1.807) is 24.2 Å². The largest absolute Gasteiger partial charge is 0.384 e. The molecule has 2 aromatic rings. The van der Waals surface area contributed by atoms with Crippen LogP contribution in [0.1, 0.15) is 5.56 Å². The van der Waals surface area contributed by atoms with Crippen molar-refractivity contribution >= 4 is 33.5 Å². The lowest BCUT2D eigenvalue weighted by Gasteiger charge is -2.08. The van der Waals surface area contributed by atoms with Crippen LogP contribution in [-0.4, -0.2) is 10.8 Å². The molecule has 0 saturated carbocycles. The lowest BCUT2D eigenvalue weighted by molar-refractivity contribution is 1.25. The second-order valence-corrected chi connectivity index (χ2v) is 5.37. The van der Waals surface area contributed by atoms with Crippen molar-refractivity contribution < 1.29 is 0 Å². The third-order valence-electron chi connectivity index (χ3n) is 2.11. The second kappa shape index (κ2) is 5.33. The number of hydrogen-bond acceptors (Lipinski definition) is 3. The number of hydrogen-bond donors (Lipinski definition) is 2. The van der Waals surface area contributed by atoms with Crippen LogP contribution >= 0.6 is 27.7 Å². The van der Waals surface area contributed by atoms with Gasteiger partial charge in [0.05, 0.1) is 0 Å². The van der Waals surface area contributed by atoms with E-state index in [-0.39, 0.29) is 5.84 Å². The zero-order chi connectivity index (χ0) is 12.3. The number of aromatic nitrogens is 1. The minimum atomic E-state index is 0.0778. The summed E-state index contributed by atoms with van der Waals surface area (Å²) in [5, 5.41) is 7.55. The maximum Gasteiger partial charge on any atom is 0.123 e. The molecule has 1 heterocycles. The van der Waals surface area contributed by atoms with Crippen LogP contribution in [0.25, 0.3) is 0 Å². The lowest BCUT2D eigenvalue weighted by Crippen LogP contribution is -2.12. The molecule has 2 rings (SSSR count). The van der Waals surface area contributed by atoms with Gasteiger partial charge >= 0.3 is 0 Å². The molecule has 0 amide bonds. The minimum absolute atomic E-state index is 0.0778. The Morgan fingerprint density at radius 3 is 2.59 bits per heavy atom. The SMILES string of the molecule is N=C(N)c1ccc(Br)cc1Sc1ccncc1. The first-order valence-corrected chi connectivity index (χ1v) is 6.49. The van der Waals surface area contributed by atoms with Crippen molar-refractivity contribution in [2.75, 3.05) is 0 Å². The van der Waals surface area contributed by atoms with Gasteiger partial charge < -0.3 is 5.73 Å². The highest BCUT2D eigenvalue weighted by Gasteiger charge is 2.07. The van der Waals surface area contributed by atoms with Crippen LogP contribution in [0.2, 0.25) is 0 Å². The number of pyridine rings is 1. The molecule has 0 aliphatic heterocycles. The normalized spacial score (nSPS) is 10.2. The van der Waals surface area contributed by atoms with E-state index in [1.807, 2.05) is 30.3 Å². The molecule has 17 heavy (non-hydrogen) atoms. The molecule has 0 fully saturated rings. The standard InChI is InChI=1S/C12H10BrN3S/c13-8-1-2-10(12(14)15)11(7-8)17-9-3-5-16-6-4-9/h1-7H,(H3,14,15). The van der Waals surface area contributed by atoms with Crippen LogP contribution < -0.4 is 5.73 Å². The van der Waals surface area contributed by atoms with Crippen molar-refractivity contribution in [3.05, 3.63) is 52.8 Å². The van der Waals surface area contributed by atoms with Gasteiger partial charge in [-0.3, -0.25) is 10.4 Å². The molecule has 3 nitrogen and oxygen atoms in total. The number of nitrogen functional groups attached to an aromatic ring is 1. The molecule has 0 radical (unpaired) electrons. The van der Waals surface area contributed by atoms with Gasteiger partial charge in [0.15, 0.2) is 0 Å². The fourth-order valence-corrected chi connectivity index (χ4v) is 2.83. The quantitative estimate of drug-likeness (QED) is 0.675. The molecule has 0 saturated heterocycles. The van der Waals surface area contributed by atoms with Gasteiger partial charge in [0.2, 0.25) is 0 Å². The van der Waals surface area contributed by atoms with Crippen molar-refractivity contribution in [3.8, 4) is 0 Å². The summed E-state index contributed by atoms with van der Waals surface area (Å²) in [6.07, 6.45) is 3.49. The Balaban J connectivity index is 2.37. The Kier molecular flexibility index (Phi) is 3.81. The number of amidine groups is 1. The molecule has 5 heteroatoms. The number of benzene rings is 1. The topological polar surface area (TPSA) is 62.8 Å². The highest BCUT2D eigenvalue weighted by Crippen LogP contribution is 2.31. The van der Waals surface area contributed by atoms with Gasteiger partial charge in [-0.2, -0.15) is 0 Å². The van der Waals surface area contributed by atoms with Gasteiger partial charge in [-0.25, -0.2) is 0 Å². The molecular weight excluding hydrogens is 298 g/mol. The van der Waals surface area contributed by atoms with Crippen LogP contribution in [0.15, 0.2) is 57.0 Å². The smallest absolute Gasteiger partial charge is 0.123 e. The first kappa shape index (κ1) is 12.1. The number of nitrogens with one attached hydrogen (secondary N) is 1. The van der Waals surface area contributed by atoms with Crippen LogP contribution in [0, 0.1) is 5.41 Å². The number of rotatable bonds is 3. The van der Waals surface area contributed by atoms with E-state index in [1.165, 1.54) is 0 Å². The number of nitrogens with two attached hydrogens (primary N) is 1. The van der Waals surface area contributed by atoms with Crippen molar-refractivity contribution in [2.45, 2.75) is 9.79 Å². The van der Waals surface area contributed by atoms with Crippen molar-refractivity contribution in [1.29, 1.82) is 5.41 Å². The summed E-state index contributed by atoms with van der Waals surface area (Å²) in [5.41, 5.74) is 6.31. The predicted octanol–water partition coefficient (Wildman–Crippen LogP) is 3.28. The third-order valence-corrected chi connectivity index (χ3v) is 3.67. The van der Waals surface area contributed by atoms with E-state index in [0.717, 1.165) is 19.8 Å². The van der Waals surface area contributed by atoms with Gasteiger partial charge in [-0.1, -0.05) is 27.7 Å². The zero-order valence-electron chi connectivity index (χ0n) is 8.85. The molecular formula is C12H10BrN3S. The van der Waals surface area contributed by atoms with Gasteiger partial charge in [0.1, 0.15) is 5.84 Å². The average molecular weight is 308 g/mol. The average Bonchev–Trinajstić information content (AvgIpc) is 2.30. The molecule has 86 valence electrons. The zero-order valence-corrected chi connectivity index (χ0v) is 11.3. The summed E-state index contributed by atoms with van der Waals surface area (Å²) in [4.78, 5) is 6.00. The molecule has 0 aliphatic rings. The van der Waals surface area contributed by atoms with E-state index in [4.69, 9.17) is 11.1 Å². The highest BCUT2D eigenvalue weighted by molar-refractivity contribution is 9.10. The monoisotopic (exact) mass is 307 g/mol. The van der Waals surface area contributed by atoms with Crippen LogP contribution in [0.4, 0.5) is 0 Å². The Morgan fingerprint density at radius 2 is 1.94 bits per heavy atom. The van der Waals surface area contributed by atoms with E-state index in [2.05, 4.69) is 20.9 Å². The van der Waals surface area contributed by atoms with Gasteiger partial charge in [0.25, 0.3) is 0 Å². The van der Waals surface area contributed by atoms with E-state index in [0.29, 0.717) is 0 Å². The third kappa shape index (κ3) is 3.08. The Morgan fingerprint density at radius 1 is 1.24 bits per heavy atom. The summed E-state index contributed by atoms with van der Waals surface area (Å²) in [6, 6.07) is 9.54. The number of halogens is 1. The summed E-state index contributed by atoms with van der Waals surface area (Å²) < 4.78 is 0.971. The molecule has 0 unspecified atom stereocenters. The molecule has 1 aromatic carbocycles. The van der Waals surface area contributed by atoms with Gasteiger partial charge in [-0.15, -0.1) is 0 Å². The fourth-order valence-electron chi connectivity index (χ4n) is 1.34. The Labute approximate surface area is 112 Å². The van der Waals surface area contributed by atoms with E-state index in [9.17, 15) is 0 Å². The Hall–Kier alpha value is -1.33. The molecule has 1 aromatic heterocycles.